The second kappa shape index (κ2) is 5.81. The average molecular weight is 316 g/mol. The van der Waals surface area contributed by atoms with E-state index in [1.54, 1.807) is 19.1 Å². The molecule has 0 bridgehead atoms. The van der Waals surface area contributed by atoms with Crippen LogP contribution in [-0.2, 0) is 9.53 Å². The predicted molar refractivity (Wildman–Crippen MR) is 79.1 cm³/mol. The van der Waals surface area contributed by atoms with Crippen molar-refractivity contribution in [2.45, 2.75) is 26.1 Å². The zero-order valence-corrected chi connectivity index (χ0v) is 12.7. The molecule has 120 valence electrons. The van der Waals surface area contributed by atoms with Crippen molar-refractivity contribution in [3.8, 4) is 5.69 Å². The maximum absolute atomic E-state index is 13.0. The van der Waals surface area contributed by atoms with Crippen LogP contribution in [0.15, 0.2) is 30.6 Å². The lowest BCUT2D eigenvalue weighted by Crippen LogP contribution is -2.45. The molecule has 1 amide bonds. The highest BCUT2D eigenvalue weighted by Crippen LogP contribution is 2.24. The second-order valence-electron chi connectivity index (χ2n) is 5.42. The number of amides is 1. The van der Waals surface area contributed by atoms with Crippen molar-refractivity contribution in [3.05, 3.63) is 41.7 Å². The molecular weight excluding hydrogens is 300 g/mol. The SMILES string of the molecule is Cc1ccc(-n2nccn2)c(C(=O)N2[C@H](C)CO[C@H]2C(=O)O)c1. The van der Waals surface area contributed by atoms with Crippen LogP contribution >= 0.6 is 0 Å². The van der Waals surface area contributed by atoms with E-state index in [0.29, 0.717) is 11.3 Å². The molecule has 1 N–H and O–H groups in total. The summed E-state index contributed by atoms with van der Waals surface area (Å²) in [7, 11) is 0. The summed E-state index contributed by atoms with van der Waals surface area (Å²) in [5, 5.41) is 17.3. The van der Waals surface area contributed by atoms with E-state index >= 15 is 0 Å². The molecule has 1 aromatic heterocycles. The highest BCUT2D eigenvalue weighted by atomic mass is 16.5. The number of hydrogen-bond acceptors (Lipinski definition) is 5. The van der Waals surface area contributed by atoms with Crippen molar-refractivity contribution < 1.29 is 19.4 Å². The smallest absolute Gasteiger partial charge is 0.354 e. The quantitative estimate of drug-likeness (QED) is 0.901. The van der Waals surface area contributed by atoms with Crippen molar-refractivity contribution in [3.63, 3.8) is 0 Å². The van der Waals surface area contributed by atoms with Gasteiger partial charge in [-0.3, -0.25) is 9.69 Å². The number of carboxylic acids is 1. The van der Waals surface area contributed by atoms with E-state index in [2.05, 4.69) is 10.2 Å². The molecule has 0 unspecified atom stereocenters. The molecule has 0 saturated carbocycles. The van der Waals surface area contributed by atoms with Gasteiger partial charge in [0.05, 0.1) is 36.3 Å². The lowest BCUT2D eigenvalue weighted by atomic mass is 10.1. The van der Waals surface area contributed by atoms with Gasteiger partial charge in [-0.1, -0.05) is 11.6 Å². The molecule has 23 heavy (non-hydrogen) atoms. The first-order valence-electron chi connectivity index (χ1n) is 7.13. The Balaban J connectivity index is 2.05. The molecule has 1 aromatic carbocycles. The molecule has 2 heterocycles. The highest BCUT2D eigenvalue weighted by Gasteiger charge is 2.41. The van der Waals surface area contributed by atoms with Crippen LogP contribution in [0.3, 0.4) is 0 Å². The van der Waals surface area contributed by atoms with Crippen molar-refractivity contribution in [2.24, 2.45) is 0 Å². The number of benzene rings is 1. The van der Waals surface area contributed by atoms with Gasteiger partial charge in [0, 0.05) is 0 Å². The maximum atomic E-state index is 13.0. The normalized spacial score (nSPS) is 20.7. The first kappa shape index (κ1) is 15.2. The fraction of sp³-hybridized carbons (Fsp3) is 0.333. The van der Waals surface area contributed by atoms with Crippen LogP contribution in [0.4, 0.5) is 0 Å². The molecule has 1 aliphatic heterocycles. The van der Waals surface area contributed by atoms with Crippen LogP contribution in [0.2, 0.25) is 0 Å². The summed E-state index contributed by atoms with van der Waals surface area (Å²) in [6.07, 6.45) is 1.74. The first-order chi connectivity index (χ1) is 11.0. The lowest BCUT2D eigenvalue weighted by Gasteiger charge is -2.24. The van der Waals surface area contributed by atoms with Gasteiger partial charge in [-0.25, -0.2) is 4.79 Å². The third kappa shape index (κ3) is 2.68. The van der Waals surface area contributed by atoms with Gasteiger partial charge >= 0.3 is 5.97 Å². The van der Waals surface area contributed by atoms with E-state index in [1.807, 2.05) is 13.0 Å². The first-order valence-corrected chi connectivity index (χ1v) is 7.13. The lowest BCUT2D eigenvalue weighted by molar-refractivity contribution is -0.153. The van der Waals surface area contributed by atoms with E-state index in [0.717, 1.165) is 5.56 Å². The number of rotatable bonds is 3. The number of carboxylic acid groups (broad SMARTS) is 1. The largest absolute Gasteiger partial charge is 0.478 e. The monoisotopic (exact) mass is 316 g/mol. The Morgan fingerprint density at radius 1 is 1.30 bits per heavy atom. The number of aryl methyl sites for hydroxylation is 1. The summed E-state index contributed by atoms with van der Waals surface area (Å²) in [6, 6.07) is 4.95. The van der Waals surface area contributed by atoms with Gasteiger partial charge in [0.1, 0.15) is 0 Å². The Kier molecular flexibility index (Phi) is 3.83. The summed E-state index contributed by atoms with van der Waals surface area (Å²) in [4.78, 5) is 26.9. The Labute approximate surface area is 132 Å². The number of carbonyl (C=O) groups is 2. The van der Waals surface area contributed by atoms with E-state index < -0.39 is 18.1 Å². The van der Waals surface area contributed by atoms with Gasteiger partial charge in [-0.05, 0) is 26.0 Å². The number of nitrogens with zero attached hydrogens (tertiary/aromatic N) is 4. The van der Waals surface area contributed by atoms with Gasteiger partial charge in [0.15, 0.2) is 0 Å². The Morgan fingerprint density at radius 2 is 2.00 bits per heavy atom. The Bertz CT molecular complexity index is 744. The minimum absolute atomic E-state index is 0.184. The van der Waals surface area contributed by atoms with Gasteiger partial charge < -0.3 is 9.84 Å². The van der Waals surface area contributed by atoms with Crippen LogP contribution in [0.5, 0.6) is 0 Å². The molecule has 2 aromatic rings. The van der Waals surface area contributed by atoms with Crippen molar-refractivity contribution in [1.82, 2.24) is 19.9 Å². The summed E-state index contributed by atoms with van der Waals surface area (Å²) >= 11 is 0. The average Bonchev–Trinajstić information content (AvgIpc) is 3.16. The van der Waals surface area contributed by atoms with Crippen molar-refractivity contribution >= 4 is 11.9 Å². The topological polar surface area (TPSA) is 97.5 Å². The summed E-state index contributed by atoms with van der Waals surface area (Å²) < 4.78 is 5.21. The van der Waals surface area contributed by atoms with E-state index in [9.17, 15) is 14.7 Å². The van der Waals surface area contributed by atoms with Crippen LogP contribution in [-0.4, -0.2) is 55.8 Å². The van der Waals surface area contributed by atoms with Crippen LogP contribution in [0.25, 0.3) is 5.69 Å². The molecule has 0 spiro atoms. The van der Waals surface area contributed by atoms with E-state index in [4.69, 9.17) is 4.74 Å². The van der Waals surface area contributed by atoms with Crippen LogP contribution in [0, 0.1) is 6.92 Å². The van der Waals surface area contributed by atoms with Gasteiger partial charge in [-0.15, -0.1) is 0 Å². The molecule has 0 radical (unpaired) electrons. The standard InChI is InChI=1S/C15H16N4O4/c1-9-3-4-12(19-16-5-6-17-19)11(7-9)13(20)18-10(2)8-23-14(18)15(21)22/h3-7,10,14H,8H2,1-2H3,(H,21,22)/t10-,14+/m1/s1. The van der Waals surface area contributed by atoms with Gasteiger partial charge in [-0.2, -0.15) is 15.0 Å². The number of aliphatic carboxylic acids is 1. The maximum Gasteiger partial charge on any atom is 0.354 e. The van der Waals surface area contributed by atoms with Gasteiger partial charge in [0.2, 0.25) is 6.23 Å². The third-order valence-corrected chi connectivity index (χ3v) is 3.69. The number of ether oxygens (including phenoxy) is 1. The summed E-state index contributed by atoms with van der Waals surface area (Å²) in [5.74, 6) is -1.60. The zero-order valence-electron chi connectivity index (χ0n) is 12.7. The zero-order chi connectivity index (χ0) is 16.6. The van der Waals surface area contributed by atoms with Crippen LogP contribution < -0.4 is 0 Å². The predicted octanol–water partition coefficient (Wildman–Crippen LogP) is 0.847. The molecule has 1 aliphatic rings. The number of hydrogen-bond donors (Lipinski definition) is 1. The second-order valence-corrected chi connectivity index (χ2v) is 5.42. The molecular formula is C15H16N4O4. The number of aromatic nitrogens is 3. The minimum Gasteiger partial charge on any atom is -0.478 e. The molecule has 8 heteroatoms. The molecule has 3 rings (SSSR count). The summed E-state index contributed by atoms with van der Waals surface area (Å²) in [6.45, 7) is 3.79. The molecule has 0 aliphatic carbocycles. The molecule has 2 atom stereocenters. The fourth-order valence-electron chi connectivity index (χ4n) is 2.59. The van der Waals surface area contributed by atoms with Crippen molar-refractivity contribution in [1.29, 1.82) is 0 Å². The van der Waals surface area contributed by atoms with Gasteiger partial charge in [0.25, 0.3) is 5.91 Å². The Hall–Kier alpha value is -2.74. The minimum atomic E-state index is -1.28. The van der Waals surface area contributed by atoms with E-state index in [-0.39, 0.29) is 12.6 Å². The van der Waals surface area contributed by atoms with Crippen molar-refractivity contribution in [2.75, 3.05) is 6.61 Å². The molecule has 8 nitrogen and oxygen atoms in total. The third-order valence-electron chi connectivity index (χ3n) is 3.69. The van der Waals surface area contributed by atoms with Crippen LogP contribution in [0.1, 0.15) is 22.8 Å². The fourth-order valence-corrected chi connectivity index (χ4v) is 2.59. The number of carbonyl (C=O) groups excluding carboxylic acids is 1. The molecule has 1 fully saturated rings. The Morgan fingerprint density at radius 3 is 2.65 bits per heavy atom. The molecule has 1 saturated heterocycles. The highest BCUT2D eigenvalue weighted by molar-refractivity contribution is 6.00. The summed E-state index contributed by atoms with van der Waals surface area (Å²) in [5.41, 5.74) is 1.71. The van der Waals surface area contributed by atoms with E-state index in [1.165, 1.54) is 22.1 Å².